The van der Waals surface area contributed by atoms with Gasteiger partial charge in [0.25, 0.3) is 0 Å². The van der Waals surface area contributed by atoms with Gasteiger partial charge in [0, 0.05) is 0 Å². The highest BCUT2D eigenvalue weighted by Crippen LogP contribution is 2.28. The Bertz CT molecular complexity index is 583. The van der Waals surface area contributed by atoms with Crippen molar-refractivity contribution >= 4 is 0 Å². The van der Waals surface area contributed by atoms with Gasteiger partial charge >= 0.3 is 0 Å². The van der Waals surface area contributed by atoms with Crippen molar-refractivity contribution in [2.75, 3.05) is 14.2 Å². The van der Waals surface area contributed by atoms with Crippen LogP contribution in [0.2, 0.25) is 0 Å². The minimum absolute atomic E-state index is 0.169. The van der Waals surface area contributed by atoms with E-state index in [4.69, 9.17) is 19.7 Å². The molecule has 1 aromatic heterocycles. The van der Waals surface area contributed by atoms with Crippen molar-refractivity contribution in [1.29, 1.82) is 0 Å². The van der Waals surface area contributed by atoms with Crippen molar-refractivity contribution < 1.29 is 14.0 Å². The summed E-state index contributed by atoms with van der Waals surface area (Å²) in [5.74, 6) is 2.48. The summed E-state index contributed by atoms with van der Waals surface area (Å²) < 4.78 is 15.7. The van der Waals surface area contributed by atoms with Gasteiger partial charge in [0.15, 0.2) is 17.3 Å². The number of hydrogen-bond donors (Lipinski definition) is 1. The molecule has 0 fully saturated rings. The SMILES string of the molecule is CCCC(N)c1noc(Cc2ccc(OC)c(OC)c2)n1. The quantitative estimate of drug-likeness (QED) is 0.843. The highest BCUT2D eigenvalue weighted by atomic mass is 16.5. The van der Waals surface area contributed by atoms with Gasteiger partial charge in [-0.3, -0.25) is 0 Å². The maximum atomic E-state index is 5.97. The van der Waals surface area contributed by atoms with E-state index in [0.717, 1.165) is 18.4 Å². The van der Waals surface area contributed by atoms with E-state index in [1.165, 1.54) is 0 Å². The van der Waals surface area contributed by atoms with Crippen LogP contribution in [-0.2, 0) is 6.42 Å². The predicted octanol–water partition coefficient (Wildman–Crippen LogP) is 2.48. The van der Waals surface area contributed by atoms with Crippen molar-refractivity contribution in [3.63, 3.8) is 0 Å². The molecule has 0 aliphatic carbocycles. The highest BCUT2D eigenvalue weighted by molar-refractivity contribution is 5.43. The zero-order valence-corrected chi connectivity index (χ0v) is 12.6. The van der Waals surface area contributed by atoms with Gasteiger partial charge in [0.05, 0.1) is 26.7 Å². The fourth-order valence-electron chi connectivity index (χ4n) is 2.10. The van der Waals surface area contributed by atoms with Crippen molar-refractivity contribution in [3.05, 3.63) is 35.5 Å². The number of methoxy groups -OCH3 is 2. The van der Waals surface area contributed by atoms with Crippen LogP contribution in [0.4, 0.5) is 0 Å². The van der Waals surface area contributed by atoms with Gasteiger partial charge in [-0.25, -0.2) is 0 Å². The Kier molecular flexibility index (Phi) is 5.16. The van der Waals surface area contributed by atoms with Gasteiger partial charge in [-0.1, -0.05) is 24.6 Å². The van der Waals surface area contributed by atoms with Crippen molar-refractivity contribution in [2.24, 2.45) is 5.73 Å². The first kappa shape index (κ1) is 15.3. The Morgan fingerprint density at radius 1 is 1.24 bits per heavy atom. The molecule has 1 heterocycles. The Morgan fingerprint density at radius 2 is 2.00 bits per heavy atom. The summed E-state index contributed by atoms with van der Waals surface area (Å²) in [6.07, 6.45) is 2.36. The van der Waals surface area contributed by atoms with E-state index in [-0.39, 0.29) is 6.04 Å². The summed E-state index contributed by atoms with van der Waals surface area (Å²) in [6, 6.07) is 5.53. The minimum Gasteiger partial charge on any atom is -0.493 e. The fourth-order valence-corrected chi connectivity index (χ4v) is 2.10. The molecule has 1 aromatic carbocycles. The van der Waals surface area contributed by atoms with Crippen LogP contribution >= 0.6 is 0 Å². The maximum absolute atomic E-state index is 5.97. The number of benzene rings is 1. The summed E-state index contributed by atoms with van der Waals surface area (Å²) in [7, 11) is 3.22. The number of aromatic nitrogens is 2. The Hall–Kier alpha value is -2.08. The van der Waals surface area contributed by atoms with Crippen molar-refractivity contribution in [2.45, 2.75) is 32.2 Å². The zero-order chi connectivity index (χ0) is 15.2. The molecule has 0 saturated carbocycles. The smallest absolute Gasteiger partial charge is 0.231 e. The molecule has 0 spiro atoms. The molecule has 2 rings (SSSR count). The monoisotopic (exact) mass is 291 g/mol. The standard InChI is InChI=1S/C15H21N3O3/c1-4-5-11(16)15-17-14(21-18-15)9-10-6-7-12(19-2)13(8-10)20-3/h6-8,11H,4-5,9,16H2,1-3H3. The number of hydrogen-bond acceptors (Lipinski definition) is 6. The van der Waals surface area contributed by atoms with E-state index in [9.17, 15) is 0 Å². The lowest BCUT2D eigenvalue weighted by atomic mass is 10.1. The molecule has 6 heteroatoms. The van der Waals surface area contributed by atoms with E-state index in [1.54, 1.807) is 14.2 Å². The van der Waals surface area contributed by atoms with Gasteiger partial charge in [0.1, 0.15) is 0 Å². The van der Waals surface area contributed by atoms with Crippen LogP contribution in [0, 0.1) is 0 Å². The van der Waals surface area contributed by atoms with E-state index in [1.807, 2.05) is 18.2 Å². The maximum Gasteiger partial charge on any atom is 0.231 e. The van der Waals surface area contributed by atoms with E-state index in [0.29, 0.717) is 29.6 Å². The molecule has 2 N–H and O–H groups in total. The molecule has 1 unspecified atom stereocenters. The fraction of sp³-hybridized carbons (Fsp3) is 0.467. The molecule has 0 amide bonds. The Morgan fingerprint density at radius 3 is 2.67 bits per heavy atom. The largest absolute Gasteiger partial charge is 0.493 e. The minimum atomic E-state index is -0.169. The second-order valence-corrected chi connectivity index (χ2v) is 4.81. The van der Waals surface area contributed by atoms with Gasteiger partial charge < -0.3 is 19.7 Å². The normalized spacial score (nSPS) is 12.2. The summed E-state index contributed by atoms with van der Waals surface area (Å²) >= 11 is 0. The van der Waals surface area contributed by atoms with Crippen LogP contribution < -0.4 is 15.2 Å². The average molecular weight is 291 g/mol. The zero-order valence-electron chi connectivity index (χ0n) is 12.6. The van der Waals surface area contributed by atoms with E-state index >= 15 is 0 Å². The molecule has 21 heavy (non-hydrogen) atoms. The number of ether oxygens (including phenoxy) is 2. The van der Waals surface area contributed by atoms with Gasteiger partial charge in [-0.2, -0.15) is 4.98 Å². The van der Waals surface area contributed by atoms with Crippen LogP contribution in [0.5, 0.6) is 11.5 Å². The number of nitrogens with two attached hydrogens (primary N) is 1. The third kappa shape index (κ3) is 3.72. The van der Waals surface area contributed by atoms with E-state index < -0.39 is 0 Å². The lowest BCUT2D eigenvalue weighted by Crippen LogP contribution is -2.11. The lowest BCUT2D eigenvalue weighted by molar-refractivity contribution is 0.354. The summed E-state index contributed by atoms with van der Waals surface area (Å²) in [5, 5.41) is 3.94. The molecular formula is C15H21N3O3. The average Bonchev–Trinajstić information content (AvgIpc) is 2.96. The Balaban J connectivity index is 2.11. The number of nitrogens with zero attached hydrogens (tertiary/aromatic N) is 2. The third-order valence-electron chi connectivity index (χ3n) is 3.22. The van der Waals surface area contributed by atoms with Crippen LogP contribution in [0.15, 0.2) is 22.7 Å². The van der Waals surface area contributed by atoms with E-state index in [2.05, 4.69) is 17.1 Å². The number of rotatable bonds is 7. The van der Waals surface area contributed by atoms with Crippen molar-refractivity contribution in [1.82, 2.24) is 10.1 Å². The molecule has 2 aromatic rings. The van der Waals surface area contributed by atoms with Crippen LogP contribution in [0.3, 0.4) is 0 Å². The van der Waals surface area contributed by atoms with Crippen LogP contribution in [0.25, 0.3) is 0 Å². The molecule has 0 aliphatic heterocycles. The van der Waals surface area contributed by atoms with Gasteiger partial charge in [-0.05, 0) is 24.1 Å². The highest BCUT2D eigenvalue weighted by Gasteiger charge is 2.14. The summed E-state index contributed by atoms with van der Waals surface area (Å²) in [6.45, 7) is 2.07. The first-order chi connectivity index (χ1) is 10.2. The molecule has 0 bridgehead atoms. The predicted molar refractivity (Wildman–Crippen MR) is 78.5 cm³/mol. The van der Waals surface area contributed by atoms with Crippen LogP contribution in [0.1, 0.15) is 43.1 Å². The molecule has 1 atom stereocenters. The molecule has 6 nitrogen and oxygen atoms in total. The van der Waals surface area contributed by atoms with Crippen molar-refractivity contribution in [3.8, 4) is 11.5 Å². The Labute approximate surface area is 124 Å². The first-order valence-electron chi connectivity index (χ1n) is 6.96. The first-order valence-corrected chi connectivity index (χ1v) is 6.96. The summed E-state index contributed by atoms with van der Waals surface area (Å²) in [4.78, 5) is 4.35. The lowest BCUT2D eigenvalue weighted by Gasteiger charge is -2.08. The molecule has 114 valence electrons. The molecule has 0 radical (unpaired) electrons. The van der Waals surface area contributed by atoms with Crippen LogP contribution in [-0.4, -0.2) is 24.4 Å². The van der Waals surface area contributed by atoms with Gasteiger partial charge in [-0.15, -0.1) is 0 Å². The van der Waals surface area contributed by atoms with Gasteiger partial charge in [0.2, 0.25) is 5.89 Å². The second-order valence-electron chi connectivity index (χ2n) is 4.81. The second kappa shape index (κ2) is 7.08. The topological polar surface area (TPSA) is 83.4 Å². The summed E-state index contributed by atoms with van der Waals surface area (Å²) in [5.41, 5.74) is 6.98. The molecule has 0 saturated heterocycles. The molecule has 0 aliphatic rings. The molecular weight excluding hydrogens is 270 g/mol. The third-order valence-corrected chi connectivity index (χ3v) is 3.22.